The van der Waals surface area contributed by atoms with Gasteiger partial charge in [-0.2, -0.15) is 0 Å². The number of ether oxygens (including phenoxy) is 2. The van der Waals surface area contributed by atoms with E-state index in [-0.39, 0.29) is 18.5 Å². The zero-order valence-corrected chi connectivity index (χ0v) is 11.9. The normalized spacial score (nSPS) is 12.4. The summed E-state index contributed by atoms with van der Waals surface area (Å²) in [6, 6.07) is 4.77. The number of carbonyl (C=O) groups is 1. The molecule has 0 fully saturated rings. The maximum absolute atomic E-state index is 11.8. The monoisotopic (exact) mass is 290 g/mol. The van der Waals surface area contributed by atoms with Crippen LogP contribution in [-0.2, 0) is 9.47 Å². The molecule has 0 aliphatic carbocycles. The number of hydrogen-bond donors (Lipinski definition) is 0. The van der Waals surface area contributed by atoms with Crippen LogP contribution in [0.4, 0.5) is 0 Å². The Bertz CT molecular complexity index is 407. The average Bonchev–Trinajstić information content (AvgIpc) is 2.36. The minimum atomic E-state index is -0.128. The second-order valence-electron chi connectivity index (χ2n) is 3.83. The van der Waals surface area contributed by atoms with Crippen molar-refractivity contribution in [3.8, 4) is 0 Å². The van der Waals surface area contributed by atoms with Gasteiger partial charge in [-0.25, -0.2) is 0 Å². The molecule has 0 amide bonds. The van der Waals surface area contributed by atoms with E-state index in [0.29, 0.717) is 28.8 Å². The van der Waals surface area contributed by atoms with Crippen LogP contribution >= 0.6 is 23.2 Å². The number of benzene rings is 1. The van der Waals surface area contributed by atoms with Crippen molar-refractivity contribution in [1.29, 1.82) is 0 Å². The molecule has 1 aromatic carbocycles. The SMILES string of the molecule is CCOCC(C)OCC(=O)c1ccc(Cl)c(Cl)c1. The van der Waals surface area contributed by atoms with Crippen LogP contribution in [0, 0.1) is 0 Å². The summed E-state index contributed by atoms with van der Waals surface area (Å²) in [4.78, 5) is 11.8. The van der Waals surface area contributed by atoms with Gasteiger partial charge in [0.1, 0.15) is 6.61 Å². The Morgan fingerprint density at radius 3 is 2.67 bits per heavy atom. The number of rotatable bonds is 7. The summed E-state index contributed by atoms with van der Waals surface area (Å²) < 4.78 is 10.6. The van der Waals surface area contributed by atoms with Gasteiger partial charge in [-0.3, -0.25) is 4.79 Å². The average molecular weight is 291 g/mol. The van der Waals surface area contributed by atoms with Crippen LogP contribution in [-0.4, -0.2) is 31.7 Å². The lowest BCUT2D eigenvalue weighted by Crippen LogP contribution is -2.20. The molecule has 100 valence electrons. The van der Waals surface area contributed by atoms with Gasteiger partial charge >= 0.3 is 0 Å². The Hall–Kier alpha value is -0.610. The van der Waals surface area contributed by atoms with Crippen molar-refractivity contribution >= 4 is 29.0 Å². The van der Waals surface area contributed by atoms with Crippen molar-refractivity contribution in [1.82, 2.24) is 0 Å². The van der Waals surface area contributed by atoms with Crippen LogP contribution in [0.5, 0.6) is 0 Å². The first-order valence-electron chi connectivity index (χ1n) is 5.72. The Morgan fingerprint density at radius 1 is 1.33 bits per heavy atom. The van der Waals surface area contributed by atoms with Gasteiger partial charge in [0.05, 0.1) is 22.8 Å². The molecule has 0 aromatic heterocycles. The van der Waals surface area contributed by atoms with Crippen LogP contribution in [0.1, 0.15) is 24.2 Å². The molecule has 0 saturated heterocycles. The molecule has 0 radical (unpaired) electrons. The number of halogens is 2. The zero-order valence-electron chi connectivity index (χ0n) is 10.4. The fourth-order valence-corrected chi connectivity index (χ4v) is 1.60. The summed E-state index contributed by atoms with van der Waals surface area (Å²) in [6.07, 6.45) is -0.114. The summed E-state index contributed by atoms with van der Waals surface area (Å²) >= 11 is 11.6. The Balaban J connectivity index is 2.47. The second-order valence-corrected chi connectivity index (χ2v) is 4.65. The second kappa shape index (κ2) is 7.74. The van der Waals surface area contributed by atoms with E-state index in [1.807, 2.05) is 13.8 Å². The lowest BCUT2D eigenvalue weighted by Gasteiger charge is -2.12. The van der Waals surface area contributed by atoms with Gasteiger partial charge in [0, 0.05) is 12.2 Å². The van der Waals surface area contributed by atoms with E-state index in [9.17, 15) is 4.79 Å². The van der Waals surface area contributed by atoms with Crippen LogP contribution in [0.2, 0.25) is 10.0 Å². The van der Waals surface area contributed by atoms with Gasteiger partial charge < -0.3 is 9.47 Å². The lowest BCUT2D eigenvalue weighted by molar-refractivity contribution is 0.00116. The molecule has 0 aliphatic rings. The summed E-state index contributed by atoms with van der Waals surface area (Å²) in [7, 11) is 0. The third-order valence-corrected chi connectivity index (χ3v) is 3.04. The van der Waals surface area contributed by atoms with Crippen LogP contribution < -0.4 is 0 Å². The summed E-state index contributed by atoms with van der Waals surface area (Å²) in [5, 5.41) is 0.795. The van der Waals surface area contributed by atoms with Crippen LogP contribution in [0.25, 0.3) is 0 Å². The van der Waals surface area contributed by atoms with Crippen molar-refractivity contribution in [2.24, 2.45) is 0 Å². The van der Waals surface area contributed by atoms with Gasteiger partial charge in [0.15, 0.2) is 5.78 Å². The highest BCUT2D eigenvalue weighted by molar-refractivity contribution is 6.42. The standard InChI is InChI=1S/C13H16Cl2O3/c1-3-17-7-9(2)18-8-13(16)10-4-5-11(14)12(15)6-10/h4-6,9H,3,7-8H2,1-2H3. The van der Waals surface area contributed by atoms with Gasteiger partial charge in [0.2, 0.25) is 0 Å². The van der Waals surface area contributed by atoms with E-state index >= 15 is 0 Å². The van der Waals surface area contributed by atoms with E-state index in [1.54, 1.807) is 18.2 Å². The first kappa shape index (κ1) is 15.4. The number of Topliss-reactive ketones (excluding diaryl/α,β-unsaturated/α-hetero) is 1. The molecule has 0 heterocycles. The fraction of sp³-hybridized carbons (Fsp3) is 0.462. The highest BCUT2D eigenvalue weighted by Crippen LogP contribution is 2.22. The fourth-order valence-electron chi connectivity index (χ4n) is 1.30. The molecule has 0 N–H and O–H groups in total. The minimum Gasteiger partial charge on any atom is -0.379 e. The molecule has 18 heavy (non-hydrogen) atoms. The molecule has 0 spiro atoms. The summed E-state index contributed by atoms with van der Waals surface area (Å²) in [6.45, 7) is 4.89. The van der Waals surface area contributed by atoms with Gasteiger partial charge in [-0.15, -0.1) is 0 Å². The smallest absolute Gasteiger partial charge is 0.188 e. The molecule has 0 aliphatic heterocycles. The molecule has 1 rings (SSSR count). The molecule has 1 unspecified atom stereocenters. The van der Waals surface area contributed by atoms with Crippen molar-refractivity contribution in [2.45, 2.75) is 20.0 Å². The Labute approximate surface area is 117 Å². The topological polar surface area (TPSA) is 35.5 Å². The molecule has 1 aromatic rings. The van der Waals surface area contributed by atoms with Crippen LogP contribution in [0.15, 0.2) is 18.2 Å². The predicted molar refractivity (Wildman–Crippen MR) is 72.7 cm³/mol. The lowest BCUT2D eigenvalue weighted by atomic mass is 10.1. The van der Waals surface area contributed by atoms with E-state index in [0.717, 1.165) is 0 Å². The predicted octanol–water partition coefficient (Wildman–Crippen LogP) is 3.62. The van der Waals surface area contributed by atoms with Gasteiger partial charge in [-0.05, 0) is 32.0 Å². The minimum absolute atomic E-state index is 0.00615. The first-order valence-corrected chi connectivity index (χ1v) is 6.47. The number of hydrogen-bond acceptors (Lipinski definition) is 3. The van der Waals surface area contributed by atoms with E-state index in [2.05, 4.69) is 0 Å². The van der Waals surface area contributed by atoms with Crippen molar-refractivity contribution in [3.63, 3.8) is 0 Å². The third-order valence-electron chi connectivity index (χ3n) is 2.30. The van der Waals surface area contributed by atoms with E-state index in [1.165, 1.54) is 0 Å². The van der Waals surface area contributed by atoms with Gasteiger partial charge in [0.25, 0.3) is 0 Å². The number of ketones is 1. The number of carbonyl (C=O) groups excluding carboxylic acids is 1. The Morgan fingerprint density at radius 2 is 2.06 bits per heavy atom. The molecule has 0 saturated carbocycles. The third kappa shape index (κ3) is 4.94. The Kier molecular flexibility index (Phi) is 6.65. The van der Waals surface area contributed by atoms with Crippen molar-refractivity contribution in [2.75, 3.05) is 19.8 Å². The highest BCUT2D eigenvalue weighted by Gasteiger charge is 2.10. The zero-order chi connectivity index (χ0) is 13.5. The molecule has 3 nitrogen and oxygen atoms in total. The van der Waals surface area contributed by atoms with Crippen molar-refractivity contribution < 1.29 is 14.3 Å². The van der Waals surface area contributed by atoms with Gasteiger partial charge in [-0.1, -0.05) is 23.2 Å². The highest BCUT2D eigenvalue weighted by atomic mass is 35.5. The quantitative estimate of drug-likeness (QED) is 0.720. The maximum atomic E-state index is 11.8. The molecule has 0 bridgehead atoms. The van der Waals surface area contributed by atoms with Crippen molar-refractivity contribution in [3.05, 3.63) is 33.8 Å². The summed E-state index contributed by atoms with van der Waals surface area (Å²) in [5.74, 6) is -0.128. The van der Waals surface area contributed by atoms with Crippen LogP contribution in [0.3, 0.4) is 0 Å². The summed E-state index contributed by atoms with van der Waals surface area (Å²) in [5.41, 5.74) is 0.494. The molecular formula is C13H16Cl2O3. The van der Waals surface area contributed by atoms with E-state index in [4.69, 9.17) is 32.7 Å². The van der Waals surface area contributed by atoms with E-state index < -0.39 is 0 Å². The maximum Gasteiger partial charge on any atom is 0.188 e. The molecular weight excluding hydrogens is 275 g/mol. The first-order chi connectivity index (χ1) is 8.54. The molecule has 1 atom stereocenters. The molecule has 5 heteroatoms. The largest absolute Gasteiger partial charge is 0.379 e.